The van der Waals surface area contributed by atoms with Crippen molar-refractivity contribution >= 4 is 39.1 Å². The molecule has 0 saturated heterocycles. The largest absolute Gasteiger partial charge is 0.493 e. The van der Waals surface area contributed by atoms with Gasteiger partial charge in [0.25, 0.3) is 5.91 Å². The van der Waals surface area contributed by atoms with Crippen molar-refractivity contribution < 1.29 is 22.7 Å². The number of nitrogens with one attached hydrogen (secondary N) is 1. The normalized spacial score (nSPS) is 13.7. The lowest BCUT2D eigenvalue weighted by atomic mass is 10.2. The molecule has 0 aromatic heterocycles. The molecule has 0 heterocycles. The van der Waals surface area contributed by atoms with Gasteiger partial charge in [-0.3, -0.25) is 4.79 Å². The van der Waals surface area contributed by atoms with Gasteiger partial charge in [0, 0.05) is 13.1 Å². The minimum absolute atomic E-state index is 0.0353. The summed E-state index contributed by atoms with van der Waals surface area (Å²) in [5.74, 6) is 0.707. The third kappa shape index (κ3) is 5.37. The van der Waals surface area contributed by atoms with E-state index in [1.54, 1.807) is 26.3 Å². The molecule has 1 aliphatic carbocycles. The number of hydrogen-bond donors (Lipinski definition) is 1. The molecular weight excluding hydrogens is 451 g/mol. The molecule has 0 unspecified atom stereocenters. The minimum Gasteiger partial charge on any atom is -0.493 e. The Morgan fingerprint density at radius 1 is 1.17 bits per heavy atom. The van der Waals surface area contributed by atoms with E-state index in [-0.39, 0.29) is 39.7 Å². The number of likely N-dealkylation sites (N-methyl/N-ethyl adjacent to an activating group) is 1. The van der Waals surface area contributed by atoms with E-state index >= 15 is 0 Å². The summed E-state index contributed by atoms with van der Waals surface area (Å²) >= 11 is 12.3. The number of amides is 1. The highest BCUT2D eigenvalue weighted by Crippen LogP contribution is 2.31. The monoisotopic (exact) mass is 472 g/mol. The van der Waals surface area contributed by atoms with Crippen LogP contribution in [-0.4, -0.2) is 52.6 Å². The van der Waals surface area contributed by atoms with Crippen LogP contribution in [0.4, 0.5) is 0 Å². The molecule has 0 radical (unpaired) electrons. The number of sulfonamides is 1. The van der Waals surface area contributed by atoms with Crippen LogP contribution in [0, 0.1) is 0 Å². The number of methoxy groups -OCH3 is 1. The summed E-state index contributed by atoms with van der Waals surface area (Å²) in [7, 11) is -0.712. The van der Waals surface area contributed by atoms with Crippen molar-refractivity contribution in [3.8, 4) is 11.5 Å². The van der Waals surface area contributed by atoms with Crippen LogP contribution in [0.2, 0.25) is 10.0 Å². The van der Waals surface area contributed by atoms with Crippen LogP contribution in [0.15, 0.2) is 41.3 Å². The van der Waals surface area contributed by atoms with Gasteiger partial charge in [-0.1, -0.05) is 35.3 Å². The average Bonchev–Trinajstić information content (AvgIpc) is 3.50. The Morgan fingerprint density at radius 2 is 1.83 bits per heavy atom. The number of benzene rings is 2. The number of rotatable bonds is 9. The first kappa shape index (κ1) is 22.7. The zero-order valence-corrected chi connectivity index (χ0v) is 18.9. The molecular formula is C20H22Cl2N2O5S. The van der Waals surface area contributed by atoms with Crippen molar-refractivity contribution in [3.05, 3.63) is 52.0 Å². The first-order chi connectivity index (χ1) is 14.2. The summed E-state index contributed by atoms with van der Waals surface area (Å²) in [5, 5.41) is 0.0414. The molecule has 2 aromatic rings. The van der Waals surface area contributed by atoms with Gasteiger partial charge in [-0.15, -0.1) is 0 Å². The van der Waals surface area contributed by atoms with Crippen molar-refractivity contribution in [2.24, 2.45) is 0 Å². The molecule has 1 amide bonds. The maximum absolute atomic E-state index is 12.9. The second-order valence-corrected chi connectivity index (χ2v) is 9.38. The van der Waals surface area contributed by atoms with Crippen LogP contribution in [0.25, 0.3) is 0 Å². The molecule has 0 atom stereocenters. The van der Waals surface area contributed by atoms with Gasteiger partial charge >= 0.3 is 0 Å². The van der Waals surface area contributed by atoms with Crippen LogP contribution >= 0.6 is 23.2 Å². The first-order valence-corrected chi connectivity index (χ1v) is 11.5. The van der Waals surface area contributed by atoms with Crippen LogP contribution in [0.3, 0.4) is 0 Å². The maximum atomic E-state index is 12.9. The van der Waals surface area contributed by atoms with Crippen molar-refractivity contribution in [1.29, 1.82) is 0 Å². The average molecular weight is 473 g/mol. The SMILES string of the molecule is COc1ccccc1OCCN(C)C(=O)c1cc(S(=O)(=O)NC2CC2)c(Cl)cc1Cl. The number of carbonyl (C=O) groups is 1. The van der Waals surface area contributed by atoms with E-state index in [2.05, 4.69) is 4.72 Å². The number of nitrogens with zero attached hydrogens (tertiary/aromatic N) is 1. The summed E-state index contributed by atoms with van der Waals surface area (Å²) in [6.07, 6.45) is 1.57. The molecule has 1 N–H and O–H groups in total. The number of carbonyl (C=O) groups excluding carboxylic acids is 1. The lowest BCUT2D eigenvalue weighted by Gasteiger charge is -2.19. The van der Waals surface area contributed by atoms with Gasteiger partial charge in [-0.05, 0) is 37.1 Å². The highest BCUT2D eigenvalue weighted by molar-refractivity contribution is 7.89. The van der Waals surface area contributed by atoms with Crippen molar-refractivity contribution in [2.75, 3.05) is 27.3 Å². The van der Waals surface area contributed by atoms with Crippen molar-refractivity contribution in [3.63, 3.8) is 0 Å². The Morgan fingerprint density at radius 3 is 2.47 bits per heavy atom. The molecule has 1 fully saturated rings. The molecule has 7 nitrogen and oxygen atoms in total. The van der Waals surface area contributed by atoms with Crippen LogP contribution < -0.4 is 14.2 Å². The third-order valence-corrected chi connectivity index (χ3v) is 6.84. The highest BCUT2D eigenvalue weighted by Gasteiger charge is 2.30. The Balaban J connectivity index is 1.71. The van der Waals surface area contributed by atoms with Gasteiger partial charge in [0.05, 0.1) is 29.3 Å². The predicted octanol–water partition coefficient (Wildman–Crippen LogP) is 3.59. The van der Waals surface area contributed by atoms with Crippen LogP contribution in [-0.2, 0) is 10.0 Å². The fourth-order valence-electron chi connectivity index (χ4n) is 2.72. The van der Waals surface area contributed by atoms with Gasteiger partial charge < -0.3 is 14.4 Å². The third-order valence-electron chi connectivity index (χ3n) is 4.54. The first-order valence-electron chi connectivity index (χ1n) is 9.25. The van der Waals surface area contributed by atoms with Gasteiger partial charge in [-0.2, -0.15) is 0 Å². The smallest absolute Gasteiger partial charge is 0.255 e. The number of para-hydroxylation sites is 2. The Bertz CT molecular complexity index is 1040. The number of ether oxygens (including phenoxy) is 2. The van der Waals surface area contributed by atoms with E-state index in [0.29, 0.717) is 11.5 Å². The quantitative estimate of drug-likeness (QED) is 0.602. The molecule has 1 aliphatic rings. The molecule has 1 saturated carbocycles. The number of hydrogen-bond acceptors (Lipinski definition) is 5. The maximum Gasteiger partial charge on any atom is 0.255 e. The molecule has 30 heavy (non-hydrogen) atoms. The Kier molecular flexibility index (Phi) is 7.13. The fourth-order valence-corrected chi connectivity index (χ4v) is 4.88. The van der Waals surface area contributed by atoms with Gasteiger partial charge in [0.15, 0.2) is 11.5 Å². The zero-order chi connectivity index (χ0) is 21.9. The summed E-state index contributed by atoms with van der Waals surface area (Å²) < 4.78 is 38.6. The standard InChI is InChI=1S/C20H22Cl2N2O5S/c1-24(9-10-29-18-6-4-3-5-17(18)28-2)20(25)14-11-19(16(22)12-15(14)21)30(26,27)23-13-7-8-13/h3-6,11-13,23H,7-10H2,1-2H3. The van der Waals surface area contributed by atoms with E-state index in [0.717, 1.165) is 12.8 Å². The van der Waals surface area contributed by atoms with E-state index in [1.807, 2.05) is 12.1 Å². The van der Waals surface area contributed by atoms with E-state index in [1.165, 1.54) is 17.0 Å². The second kappa shape index (κ2) is 9.43. The summed E-state index contributed by atoms with van der Waals surface area (Å²) in [5.41, 5.74) is 0.0528. The van der Waals surface area contributed by atoms with Crippen LogP contribution in [0.5, 0.6) is 11.5 Å². The summed E-state index contributed by atoms with van der Waals surface area (Å²) in [6.45, 7) is 0.459. The Hall–Kier alpha value is -2.00. The van der Waals surface area contributed by atoms with Gasteiger partial charge in [-0.25, -0.2) is 13.1 Å². The summed E-state index contributed by atoms with van der Waals surface area (Å²) in [4.78, 5) is 14.1. The predicted molar refractivity (Wildman–Crippen MR) is 115 cm³/mol. The lowest BCUT2D eigenvalue weighted by Crippen LogP contribution is -2.31. The molecule has 0 bridgehead atoms. The molecule has 162 valence electrons. The van der Waals surface area contributed by atoms with Crippen LogP contribution in [0.1, 0.15) is 23.2 Å². The number of halogens is 2. The minimum atomic E-state index is -3.84. The van der Waals surface area contributed by atoms with E-state index in [4.69, 9.17) is 32.7 Å². The van der Waals surface area contributed by atoms with Crippen molar-refractivity contribution in [1.82, 2.24) is 9.62 Å². The van der Waals surface area contributed by atoms with Crippen molar-refractivity contribution in [2.45, 2.75) is 23.8 Å². The van der Waals surface area contributed by atoms with Gasteiger partial charge in [0.1, 0.15) is 11.5 Å². The molecule has 10 heteroatoms. The lowest BCUT2D eigenvalue weighted by molar-refractivity contribution is 0.0773. The van der Waals surface area contributed by atoms with Gasteiger partial charge in [0.2, 0.25) is 10.0 Å². The molecule has 2 aromatic carbocycles. The second-order valence-electron chi connectivity index (χ2n) is 6.88. The Labute approximate surface area is 185 Å². The molecule has 3 rings (SSSR count). The molecule has 0 spiro atoms. The zero-order valence-electron chi connectivity index (χ0n) is 16.5. The molecule has 0 aliphatic heterocycles. The summed E-state index contributed by atoms with van der Waals surface area (Å²) in [6, 6.07) is 9.59. The van der Waals surface area contributed by atoms with E-state index in [9.17, 15) is 13.2 Å². The fraction of sp³-hybridized carbons (Fsp3) is 0.350. The van der Waals surface area contributed by atoms with E-state index < -0.39 is 15.9 Å². The topological polar surface area (TPSA) is 84.9 Å². The highest BCUT2D eigenvalue weighted by atomic mass is 35.5.